The van der Waals surface area contributed by atoms with Gasteiger partial charge >= 0.3 is 6.18 Å². The van der Waals surface area contributed by atoms with Crippen molar-refractivity contribution in [2.24, 2.45) is 0 Å². The molecule has 4 nitrogen and oxygen atoms in total. The predicted molar refractivity (Wildman–Crippen MR) is 70.5 cm³/mol. The Balaban J connectivity index is 2.03. The summed E-state index contributed by atoms with van der Waals surface area (Å²) in [6, 6.07) is 0.138. The molecule has 1 fully saturated rings. The molecule has 0 spiro atoms. The lowest BCUT2D eigenvalue weighted by Gasteiger charge is -2.36. The Morgan fingerprint density at radius 1 is 1.40 bits per heavy atom. The summed E-state index contributed by atoms with van der Waals surface area (Å²) in [5.74, 6) is 0.252. The Bertz CT molecular complexity index is 475. The number of hydrogen-bond acceptors (Lipinski definition) is 4. The quantitative estimate of drug-likeness (QED) is 0.878. The van der Waals surface area contributed by atoms with Crippen molar-refractivity contribution in [3.8, 4) is 0 Å². The summed E-state index contributed by atoms with van der Waals surface area (Å²) >= 11 is 0. The molecule has 0 radical (unpaired) electrons. The summed E-state index contributed by atoms with van der Waals surface area (Å²) < 4.78 is 37.8. The highest BCUT2D eigenvalue weighted by Gasteiger charge is 2.34. The third-order valence-electron chi connectivity index (χ3n) is 3.56. The van der Waals surface area contributed by atoms with Crippen LogP contribution in [0, 0.1) is 6.92 Å². The van der Waals surface area contributed by atoms with Crippen molar-refractivity contribution >= 4 is 5.95 Å². The molecule has 2 heterocycles. The summed E-state index contributed by atoms with van der Waals surface area (Å²) in [4.78, 5) is 7.67. The van der Waals surface area contributed by atoms with Gasteiger partial charge in [0, 0.05) is 24.3 Å². The Morgan fingerprint density at radius 3 is 2.60 bits per heavy atom. The molecule has 1 aliphatic heterocycles. The van der Waals surface area contributed by atoms with E-state index in [0.717, 1.165) is 25.6 Å². The Hall–Kier alpha value is -1.37. The summed E-state index contributed by atoms with van der Waals surface area (Å²) in [5.41, 5.74) is -0.736. The third-order valence-corrected chi connectivity index (χ3v) is 3.56. The Labute approximate surface area is 116 Å². The van der Waals surface area contributed by atoms with Gasteiger partial charge in [-0.2, -0.15) is 13.2 Å². The number of rotatable bonds is 2. The first-order valence-electron chi connectivity index (χ1n) is 6.60. The maximum absolute atomic E-state index is 12.6. The lowest BCUT2D eigenvalue weighted by molar-refractivity contribution is -0.138. The zero-order valence-electron chi connectivity index (χ0n) is 11.8. The van der Waals surface area contributed by atoms with Crippen molar-refractivity contribution in [1.29, 1.82) is 0 Å². The van der Waals surface area contributed by atoms with E-state index < -0.39 is 11.7 Å². The predicted octanol–water partition coefficient (Wildman–Crippen LogP) is 2.75. The largest absolute Gasteiger partial charge is 0.419 e. The molecule has 2 N–H and O–H groups in total. The van der Waals surface area contributed by atoms with Gasteiger partial charge < -0.3 is 10.6 Å². The normalized spacial score (nSPS) is 22.6. The van der Waals surface area contributed by atoms with E-state index >= 15 is 0 Å². The Kier molecular flexibility index (Phi) is 3.90. The highest BCUT2D eigenvalue weighted by molar-refractivity contribution is 5.31. The number of nitrogens with one attached hydrogen (secondary N) is 2. The van der Waals surface area contributed by atoms with Crippen LogP contribution in [0.25, 0.3) is 0 Å². The summed E-state index contributed by atoms with van der Waals surface area (Å²) in [7, 11) is 0. The lowest BCUT2D eigenvalue weighted by Crippen LogP contribution is -2.50. The van der Waals surface area contributed by atoms with E-state index in [-0.39, 0.29) is 23.2 Å². The van der Waals surface area contributed by atoms with Gasteiger partial charge in [0.2, 0.25) is 5.95 Å². The standard InChI is InChI=1S/C13H19F3N4/c1-8-10(13(14,15)16)7-17-11(19-8)20-9-4-5-12(2,3)18-6-9/h7,9,18H,4-6H2,1-3H3,(H,17,19,20)/t9-/m0/s1. The number of alkyl halides is 3. The number of piperidine rings is 1. The van der Waals surface area contributed by atoms with Gasteiger partial charge in [-0.15, -0.1) is 0 Å². The van der Waals surface area contributed by atoms with Crippen molar-refractivity contribution in [3.05, 3.63) is 17.5 Å². The summed E-state index contributed by atoms with van der Waals surface area (Å²) in [5, 5.41) is 6.47. The molecular formula is C13H19F3N4. The Morgan fingerprint density at radius 2 is 2.10 bits per heavy atom. The van der Waals surface area contributed by atoms with Gasteiger partial charge in [0.05, 0.1) is 11.3 Å². The van der Waals surface area contributed by atoms with Gasteiger partial charge in [-0.25, -0.2) is 9.97 Å². The maximum atomic E-state index is 12.6. The van der Waals surface area contributed by atoms with Crippen LogP contribution in [0.5, 0.6) is 0 Å². The molecule has 0 unspecified atom stereocenters. The van der Waals surface area contributed by atoms with Crippen LogP contribution in [0.1, 0.15) is 37.9 Å². The third kappa shape index (κ3) is 3.59. The SMILES string of the molecule is Cc1nc(N[C@H]2CCC(C)(C)NC2)ncc1C(F)(F)F. The fourth-order valence-electron chi connectivity index (χ4n) is 2.25. The maximum Gasteiger partial charge on any atom is 0.419 e. The number of anilines is 1. The van der Waals surface area contributed by atoms with Gasteiger partial charge in [0.25, 0.3) is 0 Å². The first-order valence-corrected chi connectivity index (χ1v) is 6.60. The molecule has 1 aromatic rings. The van der Waals surface area contributed by atoms with Crippen LogP contribution in [0.4, 0.5) is 19.1 Å². The van der Waals surface area contributed by atoms with Gasteiger partial charge in [-0.1, -0.05) is 0 Å². The van der Waals surface area contributed by atoms with Gasteiger partial charge in [-0.3, -0.25) is 0 Å². The topological polar surface area (TPSA) is 49.8 Å². The molecule has 2 rings (SSSR count). The van der Waals surface area contributed by atoms with E-state index in [9.17, 15) is 13.2 Å². The number of aromatic nitrogens is 2. The molecule has 7 heteroatoms. The van der Waals surface area contributed by atoms with Crippen LogP contribution in [-0.4, -0.2) is 28.1 Å². The van der Waals surface area contributed by atoms with E-state index in [1.807, 2.05) is 0 Å². The molecule has 1 aromatic heterocycles. The molecule has 112 valence electrons. The fourth-order valence-corrected chi connectivity index (χ4v) is 2.25. The number of hydrogen-bond donors (Lipinski definition) is 2. The molecule has 1 atom stereocenters. The number of halogens is 3. The van der Waals surface area contributed by atoms with Crippen LogP contribution in [0.2, 0.25) is 0 Å². The van der Waals surface area contributed by atoms with Crippen LogP contribution >= 0.6 is 0 Å². The molecule has 0 saturated carbocycles. The van der Waals surface area contributed by atoms with E-state index in [4.69, 9.17) is 0 Å². The summed E-state index contributed by atoms with van der Waals surface area (Å²) in [6.45, 7) is 6.35. The van der Waals surface area contributed by atoms with Crippen LogP contribution < -0.4 is 10.6 Å². The molecule has 0 amide bonds. The molecule has 1 saturated heterocycles. The molecule has 20 heavy (non-hydrogen) atoms. The van der Waals surface area contributed by atoms with E-state index in [2.05, 4.69) is 34.4 Å². The molecule has 1 aliphatic rings. The second-order valence-corrected chi connectivity index (χ2v) is 5.84. The molecule has 0 aromatic carbocycles. The van der Waals surface area contributed by atoms with E-state index in [1.165, 1.54) is 6.92 Å². The molecule has 0 bridgehead atoms. The number of aryl methyl sites for hydroxylation is 1. The van der Waals surface area contributed by atoms with E-state index in [1.54, 1.807) is 0 Å². The zero-order chi connectivity index (χ0) is 15.0. The first-order chi connectivity index (χ1) is 9.17. The first kappa shape index (κ1) is 15.0. The summed E-state index contributed by atoms with van der Waals surface area (Å²) in [6.07, 6.45) is -1.64. The van der Waals surface area contributed by atoms with Crippen molar-refractivity contribution < 1.29 is 13.2 Å². The van der Waals surface area contributed by atoms with Crippen molar-refractivity contribution in [1.82, 2.24) is 15.3 Å². The lowest BCUT2D eigenvalue weighted by atomic mass is 9.91. The highest BCUT2D eigenvalue weighted by atomic mass is 19.4. The van der Waals surface area contributed by atoms with Gasteiger partial charge in [0.15, 0.2) is 0 Å². The zero-order valence-corrected chi connectivity index (χ0v) is 11.8. The van der Waals surface area contributed by atoms with Crippen molar-refractivity contribution in [3.63, 3.8) is 0 Å². The van der Waals surface area contributed by atoms with Crippen LogP contribution in [-0.2, 0) is 6.18 Å². The molecular weight excluding hydrogens is 269 g/mol. The number of nitrogens with zero attached hydrogens (tertiary/aromatic N) is 2. The van der Waals surface area contributed by atoms with E-state index in [0.29, 0.717) is 0 Å². The fraction of sp³-hybridized carbons (Fsp3) is 0.692. The second-order valence-electron chi connectivity index (χ2n) is 5.84. The van der Waals surface area contributed by atoms with Crippen molar-refractivity contribution in [2.45, 2.75) is 51.4 Å². The smallest absolute Gasteiger partial charge is 0.350 e. The average Bonchev–Trinajstić information content (AvgIpc) is 2.30. The van der Waals surface area contributed by atoms with Gasteiger partial charge in [-0.05, 0) is 33.6 Å². The van der Waals surface area contributed by atoms with Gasteiger partial charge in [0.1, 0.15) is 0 Å². The minimum absolute atomic E-state index is 0.0564. The van der Waals surface area contributed by atoms with Crippen LogP contribution in [0.3, 0.4) is 0 Å². The second kappa shape index (κ2) is 5.20. The minimum atomic E-state index is -4.40. The van der Waals surface area contributed by atoms with Crippen molar-refractivity contribution in [2.75, 3.05) is 11.9 Å². The average molecular weight is 288 g/mol. The molecule has 0 aliphatic carbocycles. The monoisotopic (exact) mass is 288 g/mol. The minimum Gasteiger partial charge on any atom is -0.350 e. The highest BCUT2D eigenvalue weighted by Crippen LogP contribution is 2.30. The van der Waals surface area contributed by atoms with Crippen LogP contribution in [0.15, 0.2) is 6.20 Å².